The molecular weight excluding hydrogens is 272 g/mol. The largest absolute Gasteiger partial charge is 0.399 e. The molecule has 0 bridgehead atoms. The fourth-order valence-corrected chi connectivity index (χ4v) is 4.12. The Balaban J connectivity index is 2.36. The third kappa shape index (κ3) is 2.08. The van der Waals surface area contributed by atoms with Gasteiger partial charge in [0.15, 0.2) is 0 Å². The highest BCUT2D eigenvalue weighted by Gasteiger charge is 2.40. The van der Waals surface area contributed by atoms with Crippen molar-refractivity contribution in [1.82, 2.24) is 4.31 Å². The summed E-state index contributed by atoms with van der Waals surface area (Å²) >= 11 is 1.60. The van der Waals surface area contributed by atoms with E-state index in [0.29, 0.717) is 11.4 Å². The van der Waals surface area contributed by atoms with Crippen LogP contribution < -0.4 is 5.73 Å². The zero-order chi connectivity index (χ0) is 13.3. The van der Waals surface area contributed by atoms with Crippen LogP contribution in [0.15, 0.2) is 23.1 Å². The van der Waals surface area contributed by atoms with Gasteiger partial charge in [-0.2, -0.15) is 11.8 Å². The number of nitrogens with zero attached hydrogens (tertiary/aromatic N) is 1. The smallest absolute Gasteiger partial charge is 0.269 e. The number of thioether (sulfide) groups is 1. The lowest BCUT2D eigenvalue weighted by molar-refractivity contribution is 0.0876. The molecule has 0 radical (unpaired) electrons. The molecule has 0 aromatic heterocycles. The number of nitrogens with two attached hydrogens (primary N) is 1. The zero-order valence-corrected chi connectivity index (χ0v) is 11.6. The lowest BCUT2D eigenvalue weighted by atomic mass is 10.2. The maximum absolute atomic E-state index is 12.2. The van der Waals surface area contributed by atoms with E-state index in [2.05, 4.69) is 0 Å². The highest BCUT2D eigenvalue weighted by molar-refractivity contribution is 7.99. The average molecular weight is 286 g/mol. The van der Waals surface area contributed by atoms with Gasteiger partial charge in [-0.25, -0.2) is 12.7 Å². The van der Waals surface area contributed by atoms with Gasteiger partial charge in [-0.3, -0.25) is 4.79 Å². The number of rotatable bonds is 4. The Morgan fingerprint density at radius 3 is 2.78 bits per heavy atom. The summed E-state index contributed by atoms with van der Waals surface area (Å²) < 4.78 is 25.3. The number of sulfonamides is 1. The molecule has 7 heteroatoms. The quantitative estimate of drug-likeness (QED) is 0.664. The van der Waals surface area contributed by atoms with Crippen LogP contribution in [0.4, 0.5) is 5.69 Å². The summed E-state index contributed by atoms with van der Waals surface area (Å²) in [7, 11) is -3.71. The van der Waals surface area contributed by atoms with Gasteiger partial charge >= 0.3 is 0 Å². The molecule has 1 aliphatic rings. The van der Waals surface area contributed by atoms with Gasteiger partial charge in [0.2, 0.25) is 0 Å². The van der Waals surface area contributed by atoms with Crippen molar-refractivity contribution in [3.05, 3.63) is 23.8 Å². The van der Waals surface area contributed by atoms with Gasteiger partial charge in [0, 0.05) is 18.0 Å². The van der Waals surface area contributed by atoms with Crippen molar-refractivity contribution in [3.8, 4) is 0 Å². The average Bonchev–Trinajstić information content (AvgIpc) is 2.50. The third-order valence-corrected chi connectivity index (χ3v) is 5.38. The molecule has 2 rings (SSSR count). The van der Waals surface area contributed by atoms with Crippen LogP contribution in [0.25, 0.3) is 0 Å². The van der Waals surface area contributed by atoms with Crippen LogP contribution in [-0.4, -0.2) is 36.7 Å². The molecule has 1 heterocycles. The minimum absolute atomic E-state index is 0.0222. The van der Waals surface area contributed by atoms with Crippen molar-refractivity contribution in [2.24, 2.45) is 0 Å². The van der Waals surface area contributed by atoms with Gasteiger partial charge < -0.3 is 5.73 Å². The number of carbonyl (C=O) groups is 1. The van der Waals surface area contributed by atoms with Crippen LogP contribution in [0.2, 0.25) is 0 Å². The van der Waals surface area contributed by atoms with E-state index in [0.717, 1.165) is 10.1 Å². The van der Waals surface area contributed by atoms with Crippen LogP contribution in [-0.2, 0) is 10.0 Å². The number of fused-ring (bicyclic) bond motifs is 1. The molecular formula is C11H14N2O3S2. The topological polar surface area (TPSA) is 80.5 Å². The molecule has 0 aliphatic carbocycles. The van der Waals surface area contributed by atoms with E-state index in [-0.39, 0.29) is 17.0 Å². The highest BCUT2D eigenvalue weighted by Crippen LogP contribution is 2.31. The van der Waals surface area contributed by atoms with Crippen molar-refractivity contribution >= 4 is 33.4 Å². The fraction of sp³-hybridized carbons (Fsp3) is 0.364. The van der Waals surface area contributed by atoms with E-state index in [1.54, 1.807) is 11.8 Å². The summed E-state index contributed by atoms with van der Waals surface area (Å²) in [5, 5.41) is 0. The van der Waals surface area contributed by atoms with Crippen molar-refractivity contribution in [2.75, 3.05) is 23.8 Å². The summed E-state index contributed by atoms with van der Waals surface area (Å²) in [5.41, 5.74) is 6.12. The van der Waals surface area contributed by atoms with Crippen molar-refractivity contribution < 1.29 is 13.2 Å². The molecule has 0 fully saturated rings. The number of nitrogen functional groups attached to an aromatic ring is 1. The SMILES string of the molecule is CCSCCN1C(=O)c2ccc(N)cc2S1(=O)=O. The number of hydrogen-bond donors (Lipinski definition) is 1. The zero-order valence-electron chi connectivity index (χ0n) is 9.92. The van der Waals surface area contributed by atoms with Crippen LogP contribution >= 0.6 is 11.8 Å². The monoisotopic (exact) mass is 286 g/mol. The van der Waals surface area contributed by atoms with Crippen LogP contribution in [0.5, 0.6) is 0 Å². The molecule has 0 spiro atoms. The minimum Gasteiger partial charge on any atom is -0.399 e. The van der Waals surface area contributed by atoms with E-state index < -0.39 is 15.9 Å². The second-order valence-electron chi connectivity index (χ2n) is 3.83. The first-order valence-corrected chi connectivity index (χ1v) is 8.12. The Hall–Kier alpha value is -1.21. The Bertz CT molecular complexity index is 584. The van der Waals surface area contributed by atoms with Gasteiger partial charge in [-0.1, -0.05) is 6.92 Å². The number of hydrogen-bond acceptors (Lipinski definition) is 5. The van der Waals surface area contributed by atoms with Crippen molar-refractivity contribution in [2.45, 2.75) is 11.8 Å². The Morgan fingerprint density at radius 2 is 2.11 bits per heavy atom. The molecule has 5 nitrogen and oxygen atoms in total. The summed E-state index contributed by atoms with van der Waals surface area (Å²) in [6.45, 7) is 2.19. The Labute approximate surface area is 110 Å². The Morgan fingerprint density at radius 1 is 1.39 bits per heavy atom. The van der Waals surface area contributed by atoms with Gasteiger partial charge in [-0.15, -0.1) is 0 Å². The molecule has 0 unspecified atom stereocenters. The van der Waals surface area contributed by atoms with E-state index in [9.17, 15) is 13.2 Å². The number of amides is 1. The lowest BCUT2D eigenvalue weighted by Gasteiger charge is -2.14. The maximum Gasteiger partial charge on any atom is 0.269 e. The van der Waals surface area contributed by atoms with E-state index in [1.807, 2.05) is 6.92 Å². The Kier molecular flexibility index (Phi) is 3.54. The first-order chi connectivity index (χ1) is 8.48. The van der Waals surface area contributed by atoms with E-state index in [1.165, 1.54) is 18.2 Å². The van der Waals surface area contributed by atoms with E-state index >= 15 is 0 Å². The molecule has 18 heavy (non-hydrogen) atoms. The third-order valence-electron chi connectivity index (χ3n) is 2.67. The van der Waals surface area contributed by atoms with Gasteiger partial charge in [0.1, 0.15) is 4.90 Å². The second-order valence-corrected chi connectivity index (χ2v) is 7.06. The van der Waals surface area contributed by atoms with Crippen molar-refractivity contribution in [1.29, 1.82) is 0 Å². The number of benzene rings is 1. The normalized spacial score (nSPS) is 16.9. The highest BCUT2D eigenvalue weighted by atomic mass is 32.2. The predicted molar refractivity (Wildman–Crippen MR) is 72.1 cm³/mol. The first kappa shape index (κ1) is 13.2. The number of carbonyl (C=O) groups excluding carboxylic acids is 1. The van der Waals surface area contributed by atoms with Crippen LogP contribution in [0, 0.1) is 0 Å². The number of anilines is 1. The molecule has 1 amide bonds. The van der Waals surface area contributed by atoms with Gasteiger partial charge in [0.25, 0.3) is 15.9 Å². The van der Waals surface area contributed by atoms with Crippen LogP contribution in [0.1, 0.15) is 17.3 Å². The first-order valence-electron chi connectivity index (χ1n) is 5.53. The minimum atomic E-state index is -3.71. The molecule has 98 valence electrons. The van der Waals surface area contributed by atoms with Crippen molar-refractivity contribution in [3.63, 3.8) is 0 Å². The summed E-state index contributed by atoms with van der Waals surface area (Å²) in [6.07, 6.45) is 0. The van der Waals surface area contributed by atoms with Gasteiger partial charge in [-0.05, 0) is 24.0 Å². The molecule has 0 saturated carbocycles. The maximum atomic E-state index is 12.2. The van der Waals surface area contributed by atoms with Crippen LogP contribution in [0.3, 0.4) is 0 Å². The molecule has 1 aliphatic heterocycles. The summed E-state index contributed by atoms with van der Waals surface area (Å²) in [5.74, 6) is 1.04. The lowest BCUT2D eigenvalue weighted by Crippen LogP contribution is -2.32. The molecule has 2 N–H and O–H groups in total. The summed E-state index contributed by atoms with van der Waals surface area (Å²) in [6, 6.07) is 4.35. The molecule has 0 atom stereocenters. The predicted octanol–water partition coefficient (Wildman–Crippen LogP) is 1.17. The standard InChI is InChI=1S/C11H14N2O3S2/c1-2-17-6-5-13-11(14)9-4-3-8(12)7-10(9)18(13,15)16/h3-4,7H,2,5-6,12H2,1H3. The molecule has 1 aromatic carbocycles. The summed E-state index contributed by atoms with van der Waals surface area (Å²) in [4.78, 5) is 12.0. The second kappa shape index (κ2) is 4.81. The molecule has 1 aromatic rings. The van der Waals surface area contributed by atoms with E-state index in [4.69, 9.17) is 5.73 Å². The molecule has 0 saturated heterocycles. The van der Waals surface area contributed by atoms with Gasteiger partial charge in [0.05, 0.1) is 5.56 Å². The fourth-order valence-electron chi connectivity index (χ4n) is 1.80.